The molecule has 3 rings (SSSR count). The first-order valence-electron chi connectivity index (χ1n) is 9.11. The number of likely N-dealkylation sites (tertiary alicyclic amines) is 1. The Morgan fingerprint density at radius 2 is 2.16 bits per heavy atom. The van der Waals surface area contributed by atoms with Gasteiger partial charge in [0.1, 0.15) is 12.7 Å². The third kappa shape index (κ3) is 5.13. The van der Waals surface area contributed by atoms with Crippen LogP contribution in [-0.2, 0) is 17.9 Å². The lowest BCUT2D eigenvalue weighted by molar-refractivity contribution is -0.133. The number of likely N-dealkylation sites (N-methyl/N-ethyl adjacent to an activating group) is 1. The van der Waals surface area contributed by atoms with Crippen LogP contribution in [0.25, 0.3) is 0 Å². The van der Waals surface area contributed by atoms with Gasteiger partial charge >= 0.3 is 0 Å². The van der Waals surface area contributed by atoms with Crippen LogP contribution < -0.4 is 0 Å². The molecule has 6 nitrogen and oxygen atoms in total. The molecule has 0 radical (unpaired) electrons. The molecule has 1 aliphatic heterocycles. The van der Waals surface area contributed by atoms with Crippen LogP contribution >= 0.6 is 0 Å². The molecule has 25 heavy (non-hydrogen) atoms. The van der Waals surface area contributed by atoms with Crippen molar-refractivity contribution < 1.29 is 4.79 Å². The van der Waals surface area contributed by atoms with E-state index >= 15 is 0 Å². The molecule has 1 aliphatic rings. The normalized spacial score (nSPS) is 18.2. The topological polar surface area (TPSA) is 54.3 Å². The molecule has 0 saturated carbocycles. The summed E-state index contributed by atoms with van der Waals surface area (Å²) in [6, 6.07) is 10.2. The van der Waals surface area contributed by atoms with Gasteiger partial charge in [-0.05, 0) is 37.8 Å². The molecule has 0 N–H and O–H groups in total. The predicted octanol–water partition coefficient (Wildman–Crippen LogP) is 2.04. The Bertz CT molecular complexity index is 643. The quantitative estimate of drug-likeness (QED) is 0.773. The van der Waals surface area contributed by atoms with Gasteiger partial charge in [-0.15, -0.1) is 0 Å². The van der Waals surface area contributed by atoms with Crippen LogP contribution in [0.1, 0.15) is 25.3 Å². The standard InChI is InChI=1S/C19H27N5O/c1-2-23(12-17-7-4-3-5-8-17)19(25)14-22-10-6-9-18(11-22)13-24-16-20-15-21-24/h3-5,7-8,15-16,18H,2,6,9-14H2,1H3/t18-/m1/s1. The number of aromatic nitrogens is 3. The number of benzene rings is 1. The van der Waals surface area contributed by atoms with Crippen molar-refractivity contribution in [2.24, 2.45) is 5.92 Å². The molecule has 0 unspecified atom stereocenters. The lowest BCUT2D eigenvalue weighted by atomic mass is 9.98. The maximum Gasteiger partial charge on any atom is 0.237 e. The summed E-state index contributed by atoms with van der Waals surface area (Å²) < 4.78 is 1.89. The van der Waals surface area contributed by atoms with Crippen molar-refractivity contribution in [1.29, 1.82) is 0 Å². The number of carbonyl (C=O) groups is 1. The van der Waals surface area contributed by atoms with Crippen molar-refractivity contribution in [3.8, 4) is 0 Å². The molecule has 1 amide bonds. The Morgan fingerprint density at radius 3 is 2.88 bits per heavy atom. The van der Waals surface area contributed by atoms with E-state index in [2.05, 4.69) is 27.1 Å². The van der Waals surface area contributed by atoms with Crippen molar-refractivity contribution in [2.45, 2.75) is 32.9 Å². The number of piperidine rings is 1. The molecule has 1 aromatic carbocycles. The zero-order chi connectivity index (χ0) is 17.5. The molecule has 1 fully saturated rings. The fraction of sp³-hybridized carbons (Fsp3) is 0.526. The molecule has 1 aromatic heterocycles. The second-order valence-corrected chi connectivity index (χ2v) is 6.75. The number of nitrogens with zero attached hydrogens (tertiary/aromatic N) is 5. The second kappa shape index (κ2) is 8.76. The van der Waals surface area contributed by atoms with Gasteiger partial charge in [0, 0.05) is 26.2 Å². The van der Waals surface area contributed by atoms with Gasteiger partial charge in [-0.3, -0.25) is 14.4 Å². The molecular formula is C19H27N5O. The van der Waals surface area contributed by atoms with E-state index in [-0.39, 0.29) is 5.91 Å². The van der Waals surface area contributed by atoms with Crippen molar-refractivity contribution in [1.82, 2.24) is 24.6 Å². The summed E-state index contributed by atoms with van der Waals surface area (Å²) in [6.07, 6.45) is 5.67. The average molecular weight is 341 g/mol. The molecule has 1 atom stereocenters. The highest BCUT2D eigenvalue weighted by Crippen LogP contribution is 2.18. The third-order valence-electron chi connectivity index (χ3n) is 4.82. The smallest absolute Gasteiger partial charge is 0.237 e. The largest absolute Gasteiger partial charge is 0.338 e. The zero-order valence-electron chi connectivity index (χ0n) is 14.9. The Morgan fingerprint density at radius 1 is 1.32 bits per heavy atom. The first-order chi connectivity index (χ1) is 12.2. The summed E-state index contributed by atoms with van der Waals surface area (Å²) in [4.78, 5) is 21.0. The minimum atomic E-state index is 0.216. The zero-order valence-corrected chi connectivity index (χ0v) is 14.9. The molecular weight excluding hydrogens is 314 g/mol. The SMILES string of the molecule is CCN(Cc1ccccc1)C(=O)CN1CCC[C@@H](Cn2cncn2)C1. The van der Waals surface area contributed by atoms with Crippen LogP contribution in [0.15, 0.2) is 43.0 Å². The van der Waals surface area contributed by atoms with Crippen LogP contribution in [0.2, 0.25) is 0 Å². The fourth-order valence-electron chi connectivity index (χ4n) is 3.51. The summed E-state index contributed by atoms with van der Waals surface area (Å²) in [5.74, 6) is 0.750. The van der Waals surface area contributed by atoms with E-state index in [1.807, 2.05) is 34.7 Å². The van der Waals surface area contributed by atoms with Gasteiger partial charge in [0.25, 0.3) is 0 Å². The van der Waals surface area contributed by atoms with Gasteiger partial charge in [-0.2, -0.15) is 5.10 Å². The van der Waals surface area contributed by atoms with Gasteiger partial charge in [0.05, 0.1) is 6.54 Å². The lowest BCUT2D eigenvalue weighted by Gasteiger charge is -2.33. The maximum atomic E-state index is 12.7. The first kappa shape index (κ1) is 17.6. The van der Waals surface area contributed by atoms with E-state index < -0.39 is 0 Å². The van der Waals surface area contributed by atoms with E-state index in [0.29, 0.717) is 19.0 Å². The highest BCUT2D eigenvalue weighted by molar-refractivity contribution is 5.78. The molecule has 134 valence electrons. The Kier molecular flexibility index (Phi) is 6.17. The van der Waals surface area contributed by atoms with Crippen LogP contribution in [0.4, 0.5) is 0 Å². The van der Waals surface area contributed by atoms with Crippen LogP contribution in [0, 0.1) is 5.92 Å². The summed E-state index contributed by atoms with van der Waals surface area (Å²) in [6.45, 7) is 6.82. The van der Waals surface area contributed by atoms with E-state index in [1.165, 1.54) is 12.0 Å². The molecule has 2 aromatic rings. The van der Waals surface area contributed by atoms with Gasteiger partial charge in [-0.25, -0.2) is 4.98 Å². The van der Waals surface area contributed by atoms with Gasteiger partial charge in [0.15, 0.2) is 0 Å². The maximum absolute atomic E-state index is 12.7. The number of hydrogen-bond acceptors (Lipinski definition) is 4. The second-order valence-electron chi connectivity index (χ2n) is 6.75. The van der Waals surface area contributed by atoms with Crippen molar-refractivity contribution >= 4 is 5.91 Å². The summed E-state index contributed by atoms with van der Waals surface area (Å²) in [5, 5.41) is 4.20. The number of amides is 1. The van der Waals surface area contributed by atoms with Crippen LogP contribution in [-0.4, -0.2) is 56.7 Å². The summed E-state index contributed by atoms with van der Waals surface area (Å²) in [5.41, 5.74) is 1.18. The number of hydrogen-bond donors (Lipinski definition) is 0. The molecule has 0 aliphatic carbocycles. The monoisotopic (exact) mass is 341 g/mol. The van der Waals surface area contributed by atoms with E-state index in [4.69, 9.17) is 0 Å². The van der Waals surface area contributed by atoms with Crippen LogP contribution in [0.3, 0.4) is 0 Å². The van der Waals surface area contributed by atoms with Crippen molar-refractivity contribution in [3.05, 3.63) is 48.5 Å². The number of carbonyl (C=O) groups excluding carboxylic acids is 1. The van der Waals surface area contributed by atoms with Gasteiger partial charge in [0.2, 0.25) is 5.91 Å². The molecule has 0 bridgehead atoms. The minimum absolute atomic E-state index is 0.216. The molecule has 1 saturated heterocycles. The molecule has 2 heterocycles. The van der Waals surface area contributed by atoms with E-state index in [0.717, 1.165) is 32.6 Å². The third-order valence-corrected chi connectivity index (χ3v) is 4.82. The first-order valence-corrected chi connectivity index (χ1v) is 9.11. The highest BCUT2D eigenvalue weighted by Gasteiger charge is 2.23. The molecule has 0 spiro atoms. The highest BCUT2D eigenvalue weighted by atomic mass is 16.2. The minimum Gasteiger partial charge on any atom is -0.338 e. The Balaban J connectivity index is 1.52. The summed E-state index contributed by atoms with van der Waals surface area (Å²) >= 11 is 0. The number of rotatable bonds is 7. The molecule has 6 heteroatoms. The van der Waals surface area contributed by atoms with Gasteiger partial charge in [-0.1, -0.05) is 30.3 Å². The average Bonchev–Trinajstić information content (AvgIpc) is 3.14. The van der Waals surface area contributed by atoms with Crippen molar-refractivity contribution in [2.75, 3.05) is 26.2 Å². The predicted molar refractivity (Wildman–Crippen MR) is 96.7 cm³/mol. The lowest BCUT2D eigenvalue weighted by Crippen LogP contribution is -2.44. The van der Waals surface area contributed by atoms with Crippen molar-refractivity contribution in [3.63, 3.8) is 0 Å². The Hall–Kier alpha value is -2.21. The Labute approximate surface area is 149 Å². The summed E-state index contributed by atoms with van der Waals surface area (Å²) in [7, 11) is 0. The fourth-order valence-corrected chi connectivity index (χ4v) is 3.51. The van der Waals surface area contributed by atoms with E-state index in [1.54, 1.807) is 12.7 Å². The van der Waals surface area contributed by atoms with Crippen LogP contribution in [0.5, 0.6) is 0 Å². The van der Waals surface area contributed by atoms with Gasteiger partial charge < -0.3 is 4.90 Å². The van der Waals surface area contributed by atoms with E-state index in [9.17, 15) is 4.79 Å².